The molecule has 0 saturated carbocycles. The number of thiazole rings is 1. The van der Waals surface area contributed by atoms with Gasteiger partial charge in [-0.2, -0.15) is 0 Å². The summed E-state index contributed by atoms with van der Waals surface area (Å²) in [6, 6.07) is 0. The molecule has 0 aliphatic carbocycles. The summed E-state index contributed by atoms with van der Waals surface area (Å²) in [7, 11) is 1.51. The maximum absolute atomic E-state index is 9.41. The molecule has 1 heterocycles. The Morgan fingerprint density at radius 3 is 3.06 bits per heavy atom. The molecule has 0 saturated heterocycles. The van der Waals surface area contributed by atoms with Crippen LogP contribution in [-0.2, 0) is 16.0 Å². The topological polar surface area (TPSA) is 63.6 Å². The zero-order valence-electron chi connectivity index (χ0n) is 9.60. The highest BCUT2D eigenvalue weighted by atomic mass is 32.1. The van der Waals surface area contributed by atoms with Gasteiger partial charge in [-0.1, -0.05) is 0 Å². The molecule has 1 aromatic rings. The molecule has 0 aliphatic rings. The number of nitrogens with zero attached hydrogens (tertiary/aromatic N) is 1. The molecule has 1 unspecified atom stereocenters. The Kier molecular flexibility index (Phi) is 6.51. The van der Waals surface area contributed by atoms with Gasteiger partial charge in [0.25, 0.3) is 0 Å². The third-order valence-electron chi connectivity index (χ3n) is 2.09. The van der Waals surface area contributed by atoms with E-state index in [0.29, 0.717) is 19.8 Å². The summed E-state index contributed by atoms with van der Waals surface area (Å²) >= 11 is 1.64. The molecule has 0 bridgehead atoms. The molecule has 1 aromatic heterocycles. The van der Waals surface area contributed by atoms with Gasteiger partial charge in [0.05, 0.1) is 37.6 Å². The van der Waals surface area contributed by atoms with Crippen LogP contribution >= 0.6 is 11.3 Å². The highest BCUT2D eigenvalue weighted by Gasteiger charge is 2.05. The van der Waals surface area contributed by atoms with E-state index < -0.39 is 6.10 Å². The summed E-state index contributed by atoms with van der Waals surface area (Å²) in [5, 5.41) is 9.41. The van der Waals surface area contributed by atoms with Gasteiger partial charge in [-0.05, 0) is 6.92 Å². The number of nitrogens with one attached hydrogen (secondary N) is 1. The summed E-state index contributed by atoms with van der Waals surface area (Å²) in [5.41, 5.74) is 5.47. The van der Waals surface area contributed by atoms with Crippen LogP contribution in [0.4, 0.5) is 0 Å². The van der Waals surface area contributed by atoms with Crippen LogP contribution in [0, 0.1) is 6.92 Å². The van der Waals surface area contributed by atoms with Gasteiger partial charge in [0.1, 0.15) is 0 Å². The van der Waals surface area contributed by atoms with Crippen molar-refractivity contribution in [2.45, 2.75) is 19.4 Å². The van der Waals surface area contributed by atoms with Gasteiger partial charge in [-0.25, -0.2) is 10.5 Å². The molecule has 0 spiro atoms. The standard InChI is InChI=1S/C10H18N2O3S/c1-8-10(16-7-11-8)3-4-15-6-9(13)5-12-14-2/h7,9,12-13H,3-6H2,1-2H3. The van der Waals surface area contributed by atoms with Crippen LogP contribution in [0.3, 0.4) is 0 Å². The Bertz CT molecular complexity index is 293. The lowest BCUT2D eigenvalue weighted by atomic mass is 10.3. The van der Waals surface area contributed by atoms with Gasteiger partial charge in [0, 0.05) is 17.8 Å². The number of hydrogen-bond donors (Lipinski definition) is 2. The lowest BCUT2D eigenvalue weighted by molar-refractivity contribution is 0.00296. The van der Waals surface area contributed by atoms with Crippen molar-refractivity contribution in [3.63, 3.8) is 0 Å². The van der Waals surface area contributed by atoms with Crippen molar-refractivity contribution in [3.8, 4) is 0 Å². The monoisotopic (exact) mass is 246 g/mol. The van der Waals surface area contributed by atoms with E-state index in [1.54, 1.807) is 11.3 Å². The van der Waals surface area contributed by atoms with Gasteiger partial charge >= 0.3 is 0 Å². The molecular weight excluding hydrogens is 228 g/mol. The van der Waals surface area contributed by atoms with Crippen molar-refractivity contribution < 1.29 is 14.7 Å². The van der Waals surface area contributed by atoms with E-state index in [1.165, 1.54) is 12.0 Å². The smallest absolute Gasteiger partial charge is 0.0920 e. The number of aromatic nitrogens is 1. The molecule has 0 fully saturated rings. The molecule has 0 radical (unpaired) electrons. The number of aliphatic hydroxyl groups excluding tert-OH is 1. The summed E-state index contributed by atoms with van der Waals surface area (Å²) in [6.45, 7) is 3.28. The molecule has 0 amide bonds. The second kappa shape index (κ2) is 7.70. The molecule has 1 atom stereocenters. The first-order valence-corrected chi connectivity index (χ1v) is 6.02. The molecule has 0 aromatic carbocycles. The Balaban J connectivity index is 2.06. The third kappa shape index (κ3) is 5.00. The van der Waals surface area contributed by atoms with Crippen LogP contribution in [0.5, 0.6) is 0 Å². The van der Waals surface area contributed by atoms with Crippen LogP contribution in [0.25, 0.3) is 0 Å². The minimum atomic E-state index is -0.539. The molecule has 16 heavy (non-hydrogen) atoms. The van der Waals surface area contributed by atoms with Crippen molar-refractivity contribution in [1.29, 1.82) is 0 Å². The fourth-order valence-corrected chi connectivity index (χ4v) is 1.95. The first-order chi connectivity index (χ1) is 7.74. The van der Waals surface area contributed by atoms with Crippen LogP contribution in [0.15, 0.2) is 5.51 Å². The van der Waals surface area contributed by atoms with Gasteiger partial charge in [-0.3, -0.25) is 0 Å². The van der Waals surface area contributed by atoms with Crippen molar-refractivity contribution in [2.24, 2.45) is 0 Å². The zero-order chi connectivity index (χ0) is 11.8. The minimum absolute atomic E-state index is 0.314. The number of aryl methyl sites for hydroxylation is 1. The average molecular weight is 246 g/mol. The summed E-state index contributed by atoms with van der Waals surface area (Å²) in [6.07, 6.45) is 0.309. The highest BCUT2D eigenvalue weighted by Crippen LogP contribution is 2.12. The summed E-state index contributed by atoms with van der Waals surface area (Å²) < 4.78 is 5.35. The van der Waals surface area contributed by atoms with E-state index in [4.69, 9.17) is 4.74 Å². The zero-order valence-corrected chi connectivity index (χ0v) is 10.4. The van der Waals surface area contributed by atoms with E-state index in [0.717, 1.165) is 12.1 Å². The lowest BCUT2D eigenvalue weighted by Crippen LogP contribution is -2.29. The maximum Gasteiger partial charge on any atom is 0.0920 e. The Morgan fingerprint density at radius 1 is 1.62 bits per heavy atom. The maximum atomic E-state index is 9.41. The molecule has 0 aliphatic heterocycles. The van der Waals surface area contributed by atoms with Crippen molar-refractivity contribution in [3.05, 3.63) is 16.1 Å². The van der Waals surface area contributed by atoms with E-state index >= 15 is 0 Å². The fraction of sp³-hybridized carbons (Fsp3) is 0.700. The van der Waals surface area contributed by atoms with E-state index in [9.17, 15) is 5.11 Å². The fourth-order valence-electron chi connectivity index (χ4n) is 1.19. The molecule has 92 valence electrons. The normalized spacial score (nSPS) is 12.9. The van der Waals surface area contributed by atoms with Gasteiger partial charge in [-0.15, -0.1) is 11.3 Å². The molecule has 1 rings (SSSR count). The Morgan fingerprint density at radius 2 is 2.44 bits per heavy atom. The van der Waals surface area contributed by atoms with Crippen LogP contribution in [0.2, 0.25) is 0 Å². The lowest BCUT2D eigenvalue weighted by Gasteiger charge is -2.10. The van der Waals surface area contributed by atoms with Crippen molar-refractivity contribution >= 4 is 11.3 Å². The average Bonchev–Trinajstić information content (AvgIpc) is 2.67. The Hall–Kier alpha value is -0.530. The first kappa shape index (κ1) is 13.5. The largest absolute Gasteiger partial charge is 0.389 e. The number of hydroxylamine groups is 1. The number of aliphatic hydroxyl groups is 1. The molecule has 2 N–H and O–H groups in total. The number of ether oxygens (including phenoxy) is 1. The van der Waals surface area contributed by atoms with Crippen molar-refractivity contribution in [1.82, 2.24) is 10.5 Å². The minimum Gasteiger partial charge on any atom is -0.389 e. The van der Waals surface area contributed by atoms with Gasteiger partial charge < -0.3 is 14.7 Å². The summed E-state index contributed by atoms with van der Waals surface area (Å²) in [4.78, 5) is 10.0. The Labute approximate surface area is 99.4 Å². The molecular formula is C10H18N2O3S. The predicted octanol–water partition coefficient (Wildman–Crippen LogP) is 0.523. The number of rotatable bonds is 8. The van der Waals surface area contributed by atoms with Crippen LogP contribution in [0.1, 0.15) is 10.6 Å². The second-order valence-corrected chi connectivity index (χ2v) is 4.33. The predicted molar refractivity (Wildman–Crippen MR) is 62.4 cm³/mol. The van der Waals surface area contributed by atoms with E-state index in [2.05, 4.69) is 15.3 Å². The van der Waals surface area contributed by atoms with Crippen molar-refractivity contribution in [2.75, 3.05) is 26.9 Å². The van der Waals surface area contributed by atoms with Gasteiger partial charge in [0.2, 0.25) is 0 Å². The third-order valence-corrected chi connectivity index (χ3v) is 3.09. The van der Waals surface area contributed by atoms with Gasteiger partial charge in [0.15, 0.2) is 0 Å². The van der Waals surface area contributed by atoms with Crippen LogP contribution in [-0.4, -0.2) is 43.1 Å². The second-order valence-electron chi connectivity index (χ2n) is 3.39. The first-order valence-electron chi connectivity index (χ1n) is 5.14. The quantitative estimate of drug-likeness (QED) is 0.517. The highest BCUT2D eigenvalue weighted by molar-refractivity contribution is 7.09. The molecule has 5 nitrogen and oxygen atoms in total. The summed E-state index contributed by atoms with van der Waals surface area (Å²) in [5.74, 6) is 0. The molecule has 6 heteroatoms. The van der Waals surface area contributed by atoms with Crippen LogP contribution < -0.4 is 5.48 Å². The van der Waals surface area contributed by atoms with E-state index in [-0.39, 0.29) is 0 Å². The SMILES string of the molecule is CONCC(O)COCCc1scnc1C. The number of hydrogen-bond acceptors (Lipinski definition) is 6. The van der Waals surface area contributed by atoms with E-state index in [1.807, 2.05) is 12.4 Å².